The van der Waals surface area contributed by atoms with E-state index in [9.17, 15) is 10.2 Å². The van der Waals surface area contributed by atoms with Crippen molar-refractivity contribution in [2.45, 2.75) is 12.3 Å². The molecule has 70 valence electrons. The van der Waals surface area contributed by atoms with Gasteiger partial charge < -0.3 is 10.2 Å². The van der Waals surface area contributed by atoms with Gasteiger partial charge in [-0.15, -0.1) is 0 Å². The van der Waals surface area contributed by atoms with Crippen molar-refractivity contribution >= 4 is 5.69 Å². The van der Waals surface area contributed by atoms with Crippen LogP contribution in [-0.4, -0.2) is 30.2 Å². The van der Waals surface area contributed by atoms with Crippen molar-refractivity contribution in [3.05, 3.63) is 29.8 Å². The number of rotatable bonds is 0. The lowest BCUT2D eigenvalue weighted by atomic mass is 10.1. The van der Waals surface area contributed by atoms with Gasteiger partial charge >= 0.3 is 5.91 Å². The summed E-state index contributed by atoms with van der Waals surface area (Å²) < 4.78 is 0.114. The lowest BCUT2D eigenvalue weighted by Gasteiger charge is -2.34. The standard InChI is InChI=1S/C10H14NO2/c1-11(2)9-6-4-3-5-8(9)7-10(11,12)13/h3-6,12-13H,7H2,1-2H3/q+1. The zero-order chi connectivity index (χ0) is 9.69. The molecule has 1 aliphatic heterocycles. The van der Waals surface area contributed by atoms with Crippen molar-refractivity contribution in [1.29, 1.82) is 0 Å². The molecule has 0 saturated heterocycles. The summed E-state index contributed by atoms with van der Waals surface area (Å²) in [5.41, 5.74) is 1.99. The van der Waals surface area contributed by atoms with Crippen molar-refractivity contribution in [3.63, 3.8) is 0 Å². The van der Waals surface area contributed by atoms with Crippen LogP contribution in [0.2, 0.25) is 0 Å². The van der Waals surface area contributed by atoms with Crippen LogP contribution in [0.25, 0.3) is 0 Å². The van der Waals surface area contributed by atoms with Crippen LogP contribution >= 0.6 is 0 Å². The molecule has 1 aromatic rings. The topological polar surface area (TPSA) is 40.5 Å². The summed E-state index contributed by atoms with van der Waals surface area (Å²) >= 11 is 0. The third-order valence-electron chi connectivity index (χ3n) is 2.92. The second-order valence-corrected chi connectivity index (χ2v) is 4.03. The monoisotopic (exact) mass is 180 g/mol. The fraction of sp³-hybridized carbons (Fsp3) is 0.400. The average Bonchev–Trinajstić information content (AvgIpc) is 2.20. The number of nitrogens with zero attached hydrogens (tertiary/aromatic N) is 1. The van der Waals surface area contributed by atoms with Gasteiger partial charge in [0.25, 0.3) is 0 Å². The van der Waals surface area contributed by atoms with Crippen molar-refractivity contribution < 1.29 is 10.2 Å². The highest BCUT2D eigenvalue weighted by molar-refractivity contribution is 5.55. The Morgan fingerprint density at radius 1 is 1.23 bits per heavy atom. The highest BCUT2D eigenvalue weighted by Gasteiger charge is 2.51. The van der Waals surface area contributed by atoms with Gasteiger partial charge in [-0.05, 0) is 6.07 Å². The minimum Gasteiger partial charge on any atom is -0.318 e. The SMILES string of the molecule is C[N+]1(C)c2ccccc2CC1(O)O. The minimum absolute atomic E-state index is 0.114. The first-order valence-corrected chi connectivity index (χ1v) is 4.32. The van der Waals surface area contributed by atoms with Gasteiger partial charge in [-0.1, -0.05) is 18.2 Å². The van der Waals surface area contributed by atoms with E-state index in [1.54, 1.807) is 14.1 Å². The Bertz CT molecular complexity index is 345. The maximum atomic E-state index is 9.77. The molecule has 3 heteroatoms. The van der Waals surface area contributed by atoms with E-state index < -0.39 is 5.91 Å². The molecule has 0 bridgehead atoms. The predicted octanol–water partition coefficient (Wildman–Crippen LogP) is 0.448. The van der Waals surface area contributed by atoms with Crippen LogP contribution in [0.3, 0.4) is 0 Å². The van der Waals surface area contributed by atoms with Gasteiger partial charge in [0, 0.05) is 5.56 Å². The smallest absolute Gasteiger partial charge is 0.318 e. The summed E-state index contributed by atoms with van der Waals surface area (Å²) in [4.78, 5) is 0. The number of likely N-dealkylation sites (N-methyl/N-ethyl adjacent to an activating group) is 1. The highest BCUT2D eigenvalue weighted by atomic mass is 16.5. The Balaban J connectivity index is 2.60. The minimum atomic E-state index is -1.66. The fourth-order valence-electron chi connectivity index (χ4n) is 1.85. The molecule has 0 fully saturated rings. The summed E-state index contributed by atoms with van der Waals surface area (Å²) in [6.45, 7) is 0. The molecule has 2 N–H and O–H groups in total. The van der Waals surface area contributed by atoms with Crippen molar-refractivity contribution in [3.8, 4) is 0 Å². The van der Waals surface area contributed by atoms with Crippen LogP contribution in [0.4, 0.5) is 5.69 Å². The molecule has 1 heterocycles. The molecule has 0 aliphatic carbocycles. The molecule has 1 aromatic carbocycles. The summed E-state index contributed by atoms with van der Waals surface area (Å²) in [5.74, 6) is -1.66. The van der Waals surface area contributed by atoms with Crippen LogP contribution < -0.4 is 4.48 Å². The first kappa shape index (κ1) is 8.69. The lowest BCUT2D eigenvalue weighted by molar-refractivity contribution is -0.232. The van der Waals surface area contributed by atoms with Crippen molar-refractivity contribution in [2.24, 2.45) is 0 Å². The molecule has 0 atom stereocenters. The summed E-state index contributed by atoms with van der Waals surface area (Å²) in [7, 11) is 3.59. The van der Waals surface area contributed by atoms with Gasteiger partial charge in [0.1, 0.15) is 5.69 Å². The van der Waals surface area contributed by atoms with Gasteiger partial charge in [-0.25, -0.2) is 4.48 Å². The van der Waals surface area contributed by atoms with Crippen molar-refractivity contribution in [1.82, 2.24) is 4.48 Å². The zero-order valence-corrected chi connectivity index (χ0v) is 7.86. The van der Waals surface area contributed by atoms with Crippen LogP contribution in [0.5, 0.6) is 0 Å². The number of quaternary nitrogens is 1. The first-order valence-electron chi connectivity index (χ1n) is 4.32. The molecule has 1 aliphatic rings. The summed E-state index contributed by atoms with van der Waals surface area (Å²) in [6.07, 6.45) is 0.302. The second kappa shape index (κ2) is 2.32. The van der Waals surface area contributed by atoms with Crippen LogP contribution in [0, 0.1) is 0 Å². The predicted molar refractivity (Wildman–Crippen MR) is 51.0 cm³/mol. The third kappa shape index (κ3) is 1.01. The maximum Gasteiger partial charge on any atom is 0.322 e. The van der Waals surface area contributed by atoms with Crippen LogP contribution in [-0.2, 0) is 6.42 Å². The molecule has 0 spiro atoms. The zero-order valence-electron chi connectivity index (χ0n) is 7.86. The van der Waals surface area contributed by atoms with Gasteiger partial charge in [0.2, 0.25) is 0 Å². The Labute approximate surface area is 77.4 Å². The van der Waals surface area contributed by atoms with E-state index in [0.717, 1.165) is 11.3 Å². The Morgan fingerprint density at radius 2 is 1.85 bits per heavy atom. The Hall–Kier alpha value is -0.900. The quantitative estimate of drug-likeness (QED) is 0.449. The molecule has 13 heavy (non-hydrogen) atoms. The van der Waals surface area contributed by atoms with E-state index in [2.05, 4.69) is 0 Å². The number of aliphatic hydroxyl groups is 2. The van der Waals surface area contributed by atoms with E-state index in [0.29, 0.717) is 6.42 Å². The number of hydrogen-bond acceptors (Lipinski definition) is 2. The molecule has 0 saturated carbocycles. The normalized spacial score (nSPS) is 22.8. The second-order valence-electron chi connectivity index (χ2n) is 4.03. The highest BCUT2D eigenvalue weighted by Crippen LogP contribution is 2.39. The molecule has 2 rings (SSSR count). The lowest BCUT2D eigenvalue weighted by Crippen LogP contribution is -2.58. The summed E-state index contributed by atoms with van der Waals surface area (Å²) in [5, 5.41) is 19.5. The van der Waals surface area contributed by atoms with E-state index in [-0.39, 0.29) is 4.48 Å². The van der Waals surface area contributed by atoms with Crippen LogP contribution in [0.15, 0.2) is 24.3 Å². The number of benzene rings is 1. The molecule has 0 amide bonds. The molecule has 0 aromatic heterocycles. The van der Waals surface area contributed by atoms with E-state index in [1.807, 2.05) is 24.3 Å². The Morgan fingerprint density at radius 3 is 2.46 bits per heavy atom. The van der Waals surface area contributed by atoms with Gasteiger partial charge in [0.05, 0.1) is 20.5 Å². The molecule has 0 radical (unpaired) electrons. The van der Waals surface area contributed by atoms with Crippen LogP contribution in [0.1, 0.15) is 5.56 Å². The van der Waals surface area contributed by atoms with Crippen molar-refractivity contribution in [2.75, 3.05) is 14.1 Å². The number of hydrogen-bond donors (Lipinski definition) is 2. The van der Waals surface area contributed by atoms with E-state index in [4.69, 9.17) is 0 Å². The largest absolute Gasteiger partial charge is 0.322 e. The Kier molecular flexibility index (Phi) is 1.55. The molecule has 0 unspecified atom stereocenters. The van der Waals surface area contributed by atoms with E-state index >= 15 is 0 Å². The first-order chi connectivity index (χ1) is 5.95. The van der Waals surface area contributed by atoms with Gasteiger partial charge in [0.15, 0.2) is 0 Å². The number of fused-ring (bicyclic) bond motifs is 1. The average molecular weight is 180 g/mol. The van der Waals surface area contributed by atoms with Gasteiger partial charge in [-0.3, -0.25) is 0 Å². The number of para-hydroxylation sites is 1. The maximum absolute atomic E-state index is 9.77. The van der Waals surface area contributed by atoms with Gasteiger partial charge in [-0.2, -0.15) is 0 Å². The summed E-state index contributed by atoms with van der Waals surface area (Å²) in [6, 6.07) is 7.70. The third-order valence-corrected chi connectivity index (χ3v) is 2.92. The molecular formula is C10H14NO2+. The molecular weight excluding hydrogens is 166 g/mol. The fourth-order valence-corrected chi connectivity index (χ4v) is 1.85. The van der Waals surface area contributed by atoms with E-state index in [1.165, 1.54) is 0 Å². The molecule has 3 nitrogen and oxygen atoms in total.